The summed E-state index contributed by atoms with van der Waals surface area (Å²) in [6.45, 7) is 2.31. The standard InChI is InChI=1S/C16H14FN3S/c1-11-5-6-12(8-14(11)17)19-9-13-10-21-16(20-13)15-4-2-3-7-18-15/h2-8,10,19H,9H2,1H3. The lowest BCUT2D eigenvalue weighted by atomic mass is 10.2. The highest BCUT2D eigenvalue weighted by Gasteiger charge is 2.06. The SMILES string of the molecule is Cc1ccc(NCc2csc(-c3ccccn3)n2)cc1F. The molecule has 1 N–H and O–H groups in total. The van der Waals surface area contributed by atoms with Gasteiger partial charge in [0, 0.05) is 17.3 Å². The van der Waals surface area contributed by atoms with E-state index in [0.717, 1.165) is 22.1 Å². The molecule has 0 unspecified atom stereocenters. The van der Waals surface area contributed by atoms with Gasteiger partial charge in [-0.2, -0.15) is 0 Å². The van der Waals surface area contributed by atoms with Gasteiger partial charge < -0.3 is 5.32 Å². The highest BCUT2D eigenvalue weighted by molar-refractivity contribution is 7.13. The molecule has 0 aliphatic heterocycles. The number of aryl methyl sites for hydroxylation is 1. The number of aromatic nitrogens is 2. The Morgan fingerprint density at radius 2 is 2.14 bits per heavy atom. The summed E-state index contributed by atoms with van der Waals surface area (Å²) in [5.74, 6) is -0.201. The van der Waals surface area contributed by atoms with Crippen LogP contribution in [0, 0.1) is 12.7 Å². The van der Waals surface area contributed by atoms with Crippen LogP contribution in [0.3, 0.4) is 0 Å². The van der Waals surface area contributed by atoms with Crippen LogP contribution in [0.2, 0.25) is 0 Å². The Labute approximate surface area is 126 Å². The van der Waals surface area contributed by atoms with Crippen LogP contribution in [-0.4, -0.2) is 9.97 Å². The molecule has 3 nitrogen and oxygen atoms in total. The van der Waals surface area contributed by atoms with Gasteiger partial charge in [-0.3, -0.25) is 4.98 Å². The molecule has 106 valence electrons. The van der Waals surface area contributed by atoms with Gasteiger partial charge in [-0.1, -0.05) is 12.1 Å². The van der Waals surface area contributed by atoms with Crippen molar-refractivity contribution in [1.82, 2.24) is 9.97 Å². The number of rotatable bonds is 4. The molecule has 5 heteroatoms. The molecule has 0 spiro atoms. The molecule has 1 aromatic carbocycles. The smallest absolute Gasteiger partial charge is 0.142 e. The maximum absolute atomic E-state index is 13.5. The summed E-state index contributed by atoms with van der Waals surface area (Å²) in [7, 11) is 0. The zero-order chi connectivity index (χ0) is 14.7. The topological polar surface area (TPSA) is 37.8 Å². The third-order valence-corrected chi connectivity index (χ3v) is 3.99. The number of halogens is 1. The van der Waals surface area contributed by atoms with Gasteiger partial charge >= 0.3 is 0 Å². The van der Waals surface area contributed by atoms with Crippen molar-refractivity contribution in [3.8, 4) is 10.7 Å². The van der Waals surface area contributed by atoms with Gasteiger partial charge in [-0.15, -0.1) is 11.3 Å². The predicted octanol–water partition coefficient (Wildman–Crippen LogP) is 4.26. The number of hydrogen-bond donors (Lipinski definition) is 1. The van der Waals surface area contributed by atoms with Crippen molar-refractivity contribution >= 4 is 17.0 Å². The fourth-order valence-corrected chi connectivity index (χ4v) is 2.69. The van der Waals surface area contributed by atoms with Crippen LogP contribution in [0.5, 0.6) is 0 Å². The minimum absolute atomic E-state index is 0.201. The van der Waals surface area contributed by atoms with Crippen molar-refractivity contribution in [1.29, 1.82) is 0 Å². The van der Waals surface area contributed by atoms with E-state index < -0.39 is 0 Å². The van der Waals surface area contributed by atoms with E-state index in [0.29, 0.717) is 12.1 Å². The van der Waals surface area contributed by atoms with Crippen molar-refractivity contribution in [3.05, 3.63) is 65.0 Å². The lowest BCUT2D eigenvalue weighted by Crippen LogP contribution is -2.00. The fourth-order valence-electron chi connectivity index (χ4n) is 1.89. The average Bonchev–Trinajstić information content (AvgIpc) is 2.98. The van der Waals surface area contributed by atoms with Crippen molar-refractivity contribution in [2.75, 3.05) is 5.32 Å². The molecule has 0 saturated carbocycles. The molecule has 0 aliphatic rings. The zero-order valence-corrected chi connectivity index (χ0v) is 12.3. The van der Waals surface area contributed by atoms with E-state index in [1.165, 1.54) is 6.07 Å². The Balaban J connectivity index is 1.69. The second kappa shape index (κ2) is 6.01. The van der Waals surface area contributed by atoms with E-state index in [2.05, 4.69) is 15.3 Å². The second-order valence-electron chi connectivity index (χ2n) is 4.68. The first-order chi connectivity index (χ1) is 10.2. The summed E-state index contributed by atoms with van der Waals surface area (Å²) in [4.78, 5) is 8.82. The average molecular weight is 299 g/mol. The van der Waals surface area contributed by atoms with Crippen molar-refractivity contribution < 1.29 is 4.39 Å². The number of anilines is 1. The van der Waals surface area contributed by atoms with Crippen LogP contribution in [0.1, 0.15) is 11.3 Å². The van der Waals surface area contributed by atoms with E-state index in [4.69, 9.17) is 0 Å². The van der Waals surface area contributed by atoms with Crippen molar-refractivity contribution in [2.24, 2.45) is 0 Å². The molecule has 3 aromatic rings. The molecule has 0 fully saturated rings. The molecular weight excluding hydrogens is 285 g/mol. The monoisotopic (exact) mass is 299 g/mol. The largest absolute Gasteiger partial charge is 0.379 e. The molecule has 0 saturated heterocycles. The van der Waals surface area contributed by atoms with Crippen LogP contribution in [0.15, 0.2) is 48.0 Å². The van der Waals surface area contributed by atoms with Crippen LogP contribution in [0.4, 0.5) is 10.1 Å². The Morgan fingerprint density at radius 1 is 1.24 bits per heavy atom. The predicted molar refractivity (Wildman–Crippen MR) is 83.8 cm³/mol. The van der Waals surface area contributed by atoms with Crippen LogP contribution < -0.4 is 5.32 Å². The van der Waals surface area contributed by atoms with Crippen molar-refractivity contribution in [3.63, 3.8) is 0 Å². The Hall–Kier alpha value is -2.27. The van der Waals surface area contributed by atoms with Crippen molar-refractivity contribution in [2.45, 2.75) is 13.5 Å². The number of hydrogen-bond acceptors (Lipinski definition) is 4. The summed E-state index contributed by atoms with van der Waals surface area (Å²) in [5, 5.41) is 6.06. The summed E-state index contributed by atoms with van der Waals surface area (Å²) in [6.07, 6.45) is 1.75. The molecule has 0 bridgehead atoms. The van der Waals surface area contributed by atoms with Gasteiger partial charge in [-0.05, 0) is 36.8 Å². The quantitative estimate of drug-likeness (QED) is 0.782. The molecule has 3 rings (SSSR count). The molecule has 0 atom stereocenters. The maximum atomic E-state index is 13.5. The van der Waals surface area contributed by atoms with Gasteiger partial charge in [0.05, 0.1) is 17.9 Å². The molecule has 2 heterocycles. The van der Waals surface area contributed by atoms with E-state index >= 15 is 0 Å². The number of nitrogens with zero attached hydrogens (tertiary/aromatic N) is 2. The summed E-state index contributed by atoms with van der Waals surface area (Å²) in [5.41, 5.74) is 3.19. The van der Waals surface area contributed by atoms with Crippen LogP contribution in [-0.2, 0) is 6.54 Å². The Kier molecular flexibility index (Phi) is 3.92. The summed E-state index contributed by atoms with van der Waals surface area (Å²) >= 11 is 1.56. The number of nitrogens with one attached hydrogen (secondary N) is 1. The summed E-state index contributed by atoms with van der Waals surface area (Å²) in [6, 6.07) is 10.9. The molecule has 21 heavy (non-hydrogen) atoms. The molecule has 0 amide bonds. The zero-order valence-electron chi connectivity index (χ0n) is 11.5. The Morgan fingerprint density at radius 3 is 2.90 bits per heavy atom. The highest BCUT2D eigenvalue weighted by atomic mass is 32.1. The first kappa shape index (κ1) is 13.7. The lowest BCUT2D eigenvalue weighted by molar-refractivity contribution is 0.619. The van der Waals surface area contributed by atoms with Gasteiger partial charge in [0.1, 0.15) is 10.8 Å². The summed E-state index contributed by atoms with van der Waals surface area (Å²) < 4.78 is 13.5. The van der Waals surface area contributed by atoms with Gasteiger partial charge in [0.15, 0.2) is 0 Å². The Bertz CT molecular complexity index is 740. The maximum Gasteiger partial charge on any atom is 0.142 e. The van der Waals surface area contributed by atoms with Gasteiger partial charge in [0.2, 0.25) is 0 Å². The van der Waals surface area contributed by atoms with E-state index in [9.17, 15) is 4.39 Å². The van der Waals surface area contributed by atoms with Gasteiger partial charge in [0.25, 0.3) is 0 Å². The number of pyridine rings is 1. The normalized spacial score (nSPS) is 10.6. The molecular formula is C16H14FN3S. The first-order valence-electron chi connectivity index (χ1n) is 6.58. The second-order valence-corrected chi connectivity index (χ2v) is 5.53. The third kappa shape index (κ3) is 3.25. The van der Waals surface area contributed by atoms with E-state index in [1.54, 1.807) is 30.5 Å². The van der Waals surface area contributed by atoms with Gasteiger partial charge in [-0.25, -0.2) is 9.37 Å². The van der Waals surface area contributed by atoms with E-state index in [1.807, 2.05) is 29.6 Å². The minimum Gasteiger partial charge on any atom is -0.379 e. The third-order valence-electron chi connectivity index (χ3n) is 3.08. The molecule has 0 aliphatic carbocycles. The number of thiazole rings is 1. The molecule has 0 radical (unpaired) electrons. The molecule has 2 aromatic heterocycles. The first-order valence-corrected chi connectivity index (χ1v) is 7.46. The highest BCUT2D eigenvalue weighted by Crippen LogP contribution is 2.22. The van der Waals surface area contributed by atoms with E-state index in [-0.39, 0.29) is 5.82 Å². The fraction of sp³-hybridized carbons (Fsp3) is 0.125. The van der Waals surface area contributed by atoms with Crippen LogP contribution in [0.25, 0.3) is 10.7 Å². The number of benzene rings is 1. The van der Waals surface area contributed by atoms with Crippen LogP contribution >= 0.6 is 11.3 Å². The lowest BCUT2D eigenvalue weighted by Gasteiger charge is -2.05. The minimum atomic E-state index is -0.201.